The Bertz CT molecular complexity index is 1120. The van der Waals surface area contributed by atoms with Crippen LogP contribution in [-0.2, 0) is 25.4 Å². The average Bonchev–Trinajstić information content (AvgIpc) is 3.06. The van der Waals surface area contributed by atoms with Crippen molar-refractivity contribution >= 4 is 28.7 Å². The van der Waals surface area contributed by atoms with Crippen LogP contribution in [0.1, 0.15) is 5.56 Å². The molecule has 1 aromatic carbocycles. The van der Waals surface area contributed by atoms with Gasteiger partial charge in [0.25, 0.3) is 11.5 Å². The van der Waals surface area contributed by atoms with E-state index in [1.807, 2.05) is 31.2 Å². The van der Waals surface area contributed by atoms with E-state index in [4.69, 9.17) is 0 Å². The average molecular weight is 325 g/mol. The van der Waals surface area contributed by atoms with Crippen LogP contribution in [-0.4, -0.2) is 24.6 Å². The van der Waals surface area contributed by atoms with E-state index in [2.05, 4.69) is 4.98 Å². The third-order valence-electron chi connectivity index (χ3n) is 4.36. The summed E-state index contributed by atoms with van der Waals surface area (Å²) < 4.78 is 3.91. The third kappa shape index (κ3) is 1.73. The number of nitrogens with zero attached hydrogens (tertiary/aromatic N) is 5. The highest BCUT2D eigenvalue weighted by atomic mass is 16.2. The van der Waals surface area contributed by atoms with Crippen molar-refractivity contribution in [2.75, 3.05) is 4.90 Å². The van der Waals surface area contributed by atoms with E-state index < -0.39 is 11.2 Å². The number of carbonyl (C=O) groups is 1. The fraction of sp³-hybridized carbons (Fsp3) is 0.250. The molecule has 2 aromatic heterocycles. The number of imidazole rings is 1. The van der Waals surface area contributed by atoms with Crippen LogP contribution in [0.4, 0.5) is 11.6 Å². The number of carbonyl (C=O) groups excluding carboxylic acids is 1. The van der Waals surface area contributed by atoms with E-state index in [1.165, 1.54) is 16.5 Å². The summed E-state index contributed by atoms with van der Waals surface area (Å²) in [6.07, 6.45) is 0. The van der Waals surface area contributed by atoms with Gasteiger partial charge in [0.15, 0.2) is 11.2 Å². The number of benzene rings is 1. The highest BCUT2D eigenvalue weighted by Gasteiger charge is 2.34. The number of rotatable bonds is 1. The molecule has 1 aliphatic rings. The Kier molecular flexibility index (Phi) is 2.81. The van der Waals surface area contributed by atoms with E-state index in [0.717, 1.165) is 10.1 Å². The molecule has 0 unspecified atom stereocenters. The Morgan fingerprint density at radius 1 is 1.00 bits per heavy atom. The second kappa shape index (κ2) is 4.67. The zero-order valence-corrected chi connectivity index (χ0v) is 13.5. The standard InChI is InChI=1S/C16H15N5O3/c1-9-4-6-10(7-5-9)21-11(22)8-20-12-13(17-15(20)21)18(2)16(24)19(3)14(12)23/h4-7H,8H2,1-3H3. The molecule has 0 radical (unpaired) electrons. The third-order valence-corrected chi connectivity index (χ3v) is 4.36. The highest BCUT2D eigenvalue weighted by molar-refractivity contribution is 6.04. The van der Waals surface area contributed by atoms with Crippen LogP contribution in [0.2, 0.25) is 0 Å². The number of aryl methyl sites for hydroxylation is 2. The molecule has 0 saturated heterocycles. The second-order valence-electron chi connectivity index (χ2n) is 5.94. The van der Waals surface area contributed by atoms with Crippen molar-refractivity contribution in [2.45, 2.75) is 13.5 Å². The molecule has 1 aliphatic heterocycles. The van der Waals surface area contributed by atoms with Gasteiger partial charge in [-0.15, -0.1) is 0 Å². The number of hydrogen-bond acceptors (Lipinski definition) is 4. The van der Waals surface area contributed by atoms with Gasteiger partial charge in [-0.05, 0) is 19.1 Å². The number of amides is 1. The minimum Gasteiger partial charge on any atom is -0.294 e. The zero-order valence-electron chi connectivity index (χ0n) is 13.5. The Hall–Kier alpha value is -3.16. The molecule has 24 heavy (non-hydrogen) atoms. The molecular weight excluding hydrogens is 310 g/mol. The van der Waals surface area contributed by atoms with E-state index in [9.17, 15) is 14.4 Å². The van der Waals surface area contributed by atoms with Crippen LogP contribution >= 0.6 is 0 Å². The van der Waals surface area contributed by atoms with Gasteiger partial charge in [0, 0.05) is 14.1 Å². The molecule has 0 N–H and O–H groups in total. The van der Waals surface area contributed by atoms with Crippen molar-refractivity contribution in [1.29, 1.82) is 0 Å². The number of hydrogen-bond donors (Lipinski definition) is 0. The van der Waals surface area contributed by atoms with Gasteiger partial charge in [0.2, 0.25) is 5.95 Å². The number of aromatic nitrogens is 4. The highest BCUT2D eigenvalue weighted by Crippen LogP contribution is 2.32. The van der Waals surface area contributed by atoms with Gasteiger partial charge in [-0.3, -0.25) is 23.3 Å². The lowest BCUT2D eigenvalue weighted by Crippen LogP contribution is -2.37. The smallest absolute Gasteiger partial charge is 0.294 e. The fourth-order valence-electron chi connectivity index (χ4n) is 3.03. The summed E-state index contributed by atoms with van der Waals surface area (Å²) >= 11 is 0. The maximum absolute atomic E-state index is 12.5. The van der Waals surface area contributed by atoms with Crippen LogP contribution in [0.5, 0.6) is 0 Å². The topological polar surface area (TPSA) is 82.1 Å². The molecule has 3 heterocycles. The van der Waals surface area contributed by atoms with E-state index >= 15 is 0 Å². The molecule has 0 atom stereocenters. The first-order valence-electron chi connectivity index (χ1n) is 7.46. The first-order valence-corrected chi connectivity index (χ1v) is 7.46. The molecule has 1 amide bonds. The maximum atomic E-state index is 12.5. The predicted molar refractivity (Wildman–Crippen MR) is 88.5 cm³/mol. The van der Waals surface area contributed by atoms with E-state index in [-0.39, 0.29) is 23.6 Å². The van der Waals surface area contributed by atoms with Crippen molar-refractivity contribution in [3.63, 3.8) is 0 Å². The van der Waals surface area contributed by atoms with Crippen LogP contribution in [0.15, 0.2) is 33.9 Å². The summed E-state index contributed by atoms with van der Waals surface area (Å²) in [5.74, 6) is 0.191. The molecule has 8 nitrogen and oxygen atoms in total. The van der Waals surface area contributed by atoms with Gasteiger partial charge in [0.05, 0.1) is 5.69 Å². The molecule has 0 fully saturated rings. The van der Waals surface area contributed by atoms with Gasteiger partial charge in [-0.25, -0.2) is 9.69 Å². The van der Waals surface area contributed by atoms with Gasteiger partial charge in [-0.2, -0.15) is 4.98 Å². The summed E-state index contributed by atoms with van der Waals surface area (Å²) in [6.45, 7) is 1.98. The largest absolute Gasteiger partial charge is 0.332 e. The Labute approximate surface area is 136 Å². The summed E-state index contributed by atoms with van der Waals surface area (Å²) in [7, 11) is 2.98. The van der Waals surface area contributed by atoms with E-state index in [1.54, 1.807) is 11.6 Å². The first-order chi connectivity index (χ1) is 11.4. The zero-order chi connectivity index (χ0) is 17.2. The first kappa shape index (κ1) is 14.4. The quantitative estimate of drug-likeness (QED) is 0.649. The second-order valence-corrected chi connectivity index (χ2v) is 5.94. The maximum Gasteiger partial charge on any atom is 0.332 e. The molecule has 0 spiro atoms. The van der Waals surface area contributed by atoms with Crippen LogP contribution in [0.3, 0.4) is 0 Å². The van der Waals surface area contributed by atoms with Gasteiger partial charge in [0.1, 0.15) is 6.54 Å². The number of fused-ring (bicyclic) bond motifs is 3. The molecule has 4 rings (SSSR count). The Morgan fingerprint density at radius 2 is 1.67 bits per heavy atom. The normalized spacial score (nSPS) is 13.8. The molecule has 122 valence electrons. The van der Waals surface area contributed by atoms with Gasteiger partial charge in [-0.1, -0.05) is 17.7 Å². The SMILES string of the molecule is Cc1ccc(N2C(=O)Cn3c2nc2c3c(=O)n(C)c(=O)n2C)cc1. The predicted octanol–water partition coefficient (Wildman–Crippen LogP) is 0.420. The van der Waals surface area contributed by atoms with E-state index in [0.29, 0.717) is 11.6 Å². The lowest BCUT2D eigenvalue weighted by molar-refractivity contribution is -0.117. The Morgan fingerprint density at radius 3 is 2.33 bits per heavy atom. The summed E-state index contributed by atoms with van der Waals surface area (Å²) in [5, 5.41) is 0. The lowest BCUT2D eigenvalue weighted by atomic mass is 10.2. The summed E-state index contributed by atoms with van der Waals surface area (Å²) in [5.41, 5.74) is 1.40. The van der Waals surface area contributed by atoms with Gasteiger partial charge < -0.3 is 0 Å². The van der Waals surface area contributed by atoms with Crippen LogP contribution < -0.4 is 16.1 Å². The van der Waals surface area contributed by atoms with Crippen molar-refractivity contribution < 1.29 is 4.79 Å². The minimum absolute atomic E-state index is 0.0210. The van der Waals surface area contributed by atoms with Crippen molar-refractivity contribution in [2.24, 2.45) is 14.1 Å². The van der Waals surface area contributed by atoms with Crippen molar-refractivity contribution in [3.8, 4) is 0 Å². The molecule has 0 saturated carbocycles. The molecular formula is C16H15N5O3. The molecule has 8 heteroatoms. The van der Waals surface area contributed by atoms with Crippen molar-refractivity contribution in [3.05, 3.63) is 50.7 Å². The van der Waals surface area contributed by atoms with Gasteiger partial charge >= 0.3 is 5.69 Å². The lowest BCUT2D eigenvalue weighted by Gasteiger charge is -2.14. The molecule has 0 bridgehead atoms. The van der Waals surface area contributed by atoms with Crippen LogP contribution in [0, 0.1) is 6.92 Å². The molecule has 3 aromatic rings. The number of anilines is 2. The van der Waals surface area contributed by atoms with Crippen LogP contribution in [0.25, 0.3) is 11.2 Å². The summed E-state index contributed by atoms with van der Waals surface area (Å²) in [4.78, 5) is 42.9. The summed E-state index contributed by atoms with van der Waals surface area (Å²) in [6, 6.07) is 7.48. The monoisotopic (exact) mass is 325 g/mol. The fourth-order valence-corrected chi connectivity index (χ4v) is 3.03. The molecule has 0 aliphatic carbocycles. The van der Waals surface area contributed by atoms with Crippen molar-refractivity contribution in [1.82, 2.24) is 18.7 Å². The Balaban J connectivity index is 2.03. The minimum atomic E-state index is -0.453.